The van der Waals surface area contributed by atoms with Crippen molar-refractivity contribution in [2.24, 2.45) is 0 Å². The zero-order chi connectivity index (χ0) is 38.2. The van der Waals surface area contributed by atoms with Gasteiger partial charge in [0.15, 0.2) is 5.82 Å². The van der Waals surface area contributed by atoms with Crippen LogP contribution in [-0.2, 0) is 0 Å². The fourth-order valence-corrected chi connectivity index (χ4v) is 9.21. The highest BCUT2D eigenvalue weighted by Gasteiger charge is 2.23. The van der Waals surface area contributed by atoms with Crippen molar-refractivity contribution in [2.45, 2.75) is 0 Å². The summed E-state index contributed by atoms with van der Waals surface area (Å²) in [6.45, 7) is 0. The van der Waals surface area contributed by atoms with Gasteiger partial charge in [-0.25, -0.2) is 9.97 Å². The number of aromatic nitrogens is 4. The SMILES string of the molecule is c1ccc(-c2cc(-c3ccccc3)nc(-c3cccc(-n4c5ccccc5c5c6c(ccc54)c4ccccc4c4c6c5ccccc5n4-c4ccccc4)c3)n2)cc1. The van der Waals surface area contributed by atoms with Crippen molar-refractivity contribution in [1.29, 1.82) is 0 Å². The molecule has 0 aliphatic heterocycles. The van der Waals surface area contributed by atoms with Gasteiger partial charge >= 0.3 is 0 Å². The predicted octanol–water partition coefficient (Wildman–Crippen LogP) is 14.0. The van der Waals surface area contributed by atoms with Crippen LogP contribution in [0.1, 0.15) is 0 Å². The molecule has 9 aromatic carbocycles. The lowest BCUT2D eigenvalue weighted by Gasteiger charge is -2.14. The third kappa shape index (κ3) is 4.88. The number of para-hydroxylation sites is 3. The summed E-state index contributed by atoms with van der Waals surface area (Å²) >= 11 is 0. The standard InChI is InChI=1S/C54H34N4/c1-4-17-35(18-5-1)45-34-46(36-19-6-2-7-20-36)56-54(55-45)37-21-16-24-39(33-37)57-47-29-14-12-27-43(47)50-49(57)32-31-41-40-25-10-11-26-42(40)53-52(51(41)50)44-28-13-15-30-48(44)58(53)38-22-8-3-9-23-38/h1-34H. The molecule has 3 heterocycles. The van der Waals surface area contributed by atoms with E-state index in [2.05, 4.69) is 203 Å². The Balaban J connectivity index is 1.16. The van der Waals surface area contributed by atoms with Crippen LogP contribution in [0.25, 0.3) is 110 Å². The number of rotatable bonds is 5. The largest absolute Gasteiger partial charge is 0.309 e. The van der Waals surface area contributed by atoms with Crippen molar-refractivity contribution in [2.75, 3.05) is 0 Å². The third-order valence-corrected chi connectivity index (χ3v) is 11.7. The van der Waals surface area contributed by atoms with E-state index in [0.717, 1.165) is 50.5 Å². The van der Waals surface area contributed by atoms with Crippen molar-refractivity contribution in [3.05, 3.63) is 206 Å². The van der Waals surface area contributed by atoms with Gasteiger partial charge < -0.3 is 9.13 Å². The minimum Gasteiger partial charge on any atom is -0.309 e. The van der Waals surface area contributed by atoms with E-state index in [4.69, 9.17) is 9.97 Å². The maximum atomic E-state index is 5.18. The molecule has 0 saturated carbocycles. The first-order valence-electron chi connectivity index (χ1n) is 19.8. The summed E-state index contributed by atoms with van der Waals surface area (Å²) in [5.41, 5.74) is 11.8. The highest BCUT2D eigenvalue weighted by molar-refractivity contribution is 6.39. The van der Waals surface area contributed by atoms with E-state index < -0.39 is 0 Å². The lowest BCUT2D eigenvalue weighted by molar-refractivity contribution is 1.16. The molecular weight excluding hydrogens is 705 g/mol. The molecule has 0 aliphatic rings. The Hall–Kier alpha value is -7.82. The van der Waals surface area contributed by atoms with E-state index in [9.17, 15) is 0 Å². The Morgan fingerprint density at radius 3 is 1.48 bits per heavy atom. The molecule has 4 heteroatoms. The molecular formula is C54H34N4. The van der Waals surface area contributed by atoms with Crippen LogP contribution in [0.3, 0.4) is 0 Å². The average Bonchev–Trinajstić information content (AvgIpc) is 3.84. The maximum Gasteiger partial charge on any atom is 0.160 e. The first kappa shape index (κ1) is 32.4. The molecule has 0 fully saturated rings. The molecule has 0 bridgehead atoms. The monoisotopic (exact) mass is 738 g/mol. The second-order valence-electron chi connectivity index (χ2n) is 14.9. The summed E-state index contributed by atoms with van der Waals surface area (Å²) in [5, 5.41) is 10.00. The molecule has 3 aromatic heterocycles. The lowest BCUT2D eigenvalue weighted by Crippen LogP contribution is -1.98. The zero-order valence-electron chi connectivity index (χ0n) is 31.4. The van der Waals surface area contributed by atoms with E-state index in [0.29, 0.717) is 5.82 Å². The molecule has 4 nitrogen and oxygen atoms in total. The van der Waals surface area contributed by atoms with E-state index >= 15 is 0 Å². The van der Waals surface area contributed by atoms with Gasteiger partial charge in [0.1, 0.15) is 0 Å². The van der Waals surface area contributed by atoms with E-state index in [1.54, 1.807) is 0 Å². The van der Waals surface area contributed by atoms with Crippen molar-refractivity contribution >= 4 is 65.2 Å². The Morgan fingerprint density at radius 1 is 0.293 bits per heavy atom. The highest BCUT2D eigenvalue weighted by atomic mass is 15.0. The zero-order valence-corrected chi connectivity index (χ0v) is 31.4. The molecule has 0 aliphatic carbocycles. The molecule has 0 N–H and O–H groups in total. The maximum absolute atomic E-state index is 5.18. The second kappa shape index (κ2) is 12.9. The van der Waals surface area contributed by atoms with Crippen LogP contribution in [0.4, 0.5) is 0 Å². The van der Waals surface area contributed by atoms with Gasteiger partial charge in [0.05, 0.1) is 33.5 Å². The normalized spacial score (nSPS) is 11.8. The Kier molecular flexibility index (Phi) is 7.20. The van der Waals surface area contributed by atoms with Crippen LogP contribution in [0.15, 0.2) is 206 Å². The van der Waals surface area contributed by atoms with Gasteiger partial charge in [0.25, 0.3) is 0 Å². The lowest BCUT2D eigenvalue weighted by atomic mass is 9.93. The van der Waals surface area contributed by atoms with Gasteiger partial charge in [-0.2, -0.15) is 0 Å². The molecule has 12 aromatic rings. The molecule has 0 unspecified atom stereocenters. The number of hydrogen-bond donors (Lipinski definition) is 0. The minimum atomic E-state index is 0.690. The summed E-state index contributed by atoms with van der Waals surface area (Å²) in [7, 11) is 0. The van der Waals surface area contributed by atoms with Gasteiger partial charge in [0.2, 0.25) is 0 Å². The number of hydrogen-bond acceptors (Lipinski definition) is 2. The van der Waals surface area contributed by atoms with Gasteiger partial charge in [-0.3, -0.25) is 0 Å². The summed E-state index contributed by atoms with van der Waals surface area (Å²) < 4.78 is 4.88. The molecule has 0 amide bonds. The van der Waals surface area contributed by atoms with Crippen molar-refractivity contribution in [3.8, 4) is 45.3 Å². The quantitative estimate of drug-likeness (QED) is 0.165. The van der Waals surface area contributed by atoms with Crippen LogP contribution >= 0.6 is 0 Å². The second-order valence-corrected chi connectivity index (χ2v) is 14.9. The number of benzene rings is 9. The fraction of sp³-hybridized carbons (Fsp3) is 0. The van der Waals surface area contributed by atoms with Gasteiger partial charge in [0, 0.05) is 60.4 Å². The van der Waals surface area contributed by atoms with E-state index in [1.165, 1.54) is 54.1 Å². The summed E-state index contributed by atoms with van der Waals surface area (Å²) in [4.78, 5) is 10.4. The first-order valence-corrected chi connectivity index (χ1v) is 19.8. The topological polar surface area (TPSA) is 35.6 Å². The van der Waals surface area contributed by atoms with Crippen LogP contribution in [-0.4, -0.2) is 19.1 Å². The summed E-state index contributed by atoms with van der Waals surface area (Å²) in [5.74, 6) is 0.690. The van der Waals surface area contributed by atoms with Crippen LogP contribution in [0.5, 0.6) is 0 Å². The predicted molar refractivity (Wildman–Crippen MR) is 242 cm³/mol. The first-order chi connectivity index (χ1) is 28.8. The molecule has 0 atom stereocenters. The van der Waals surface area contributed by atoms with Gasteiger partial charge in [-0.1, -0.05) is 158 Å². The minimum absolute atomic E-state index is 0.690. The van der Waals surface area contributed by atoms with Crippen LogP contribution in [0.2, 0.25) is 0 Å². The van der Waals surface area contributed by atoms with Crippen LogP contribution < -0.4 is 0 Å². The Morgan fingerprint density at radius 2 is 0.810 bits per heavy atom. The fourth-order valence-electron chi connectivity index (χ4n) is 9.21. The molecule has 0 saturated heterocycles. The molecule has 270 valence electrons. The molecule has 12 rings (SSSR count). The smallest absolute Gasteiger partial charge is 0.160 e. The average molecular weight is 739 g/mol. The van der Waals surface area contributed by atoms with Gasteiger partial charge in [-0.15, -0.1) is 0 Å². The van der Waals surface area contributed by atoms with Crippen molar-refractivity contribution in [3.63, 3.8) is 0 Å². The third-order valence-electron chi connectivity index (χ3n) is 11.7. The highest BCUT2D eigenvalue weighted by Crippen LogP contribution is 2.47. The molecule has 58 heavy (non-hydrogen) atoms. The van der Waals surface area contributed by atoms with E-state index in [-0.39, 0.29) is 0 Å². The van der Waals surface area contributed by atoms with Gasteiger partial charge in [-0.05, 0) is 59.3 Å². The number of fused-ring (bicyclic) bond motifs is 12. The number of nitrogens with zero attached hydrogens (tertiary/aromatic N) is 4. The van der Waals surface area contributed by atoms with Crippen molar-refractivity contribution in [1.82, 2.24) is 19.1 Å². The van der Waals surface area contributed by atoms with E-state index in [1.807, 2.05) is 12.1 Å². The summed E-state index contributed by atoms with van der Waals surface area (Å²) in [6, 6.07) is 73.6. The Labute approximate surface area is 334 Å². The molecule has 0 spiro atoms. The summed E-state index contributed by atoms with van der Waals surface area (Å²) in [6.07, 6.45) is 0. The Bertz CT molecular complexity index is 3490. The van der Waals surface area contributed by atoms with Crippen molar-refractivity contribution < 1.29 is 0 Å². The van der Waals surface area contributed by atoms with Crippen LogP contribution in [0, 0.1) is 0 Å². The molecule has 0 radical (unpaired) electrons.